The quantitative estimate of drug-likeness (QED) is 0.678. The number of phenolic OH excluding ortho intramolecular Hbond substituents is 1. The molecule has 2 N–H and O–H groups in total. The van der Waals surface area contributed by atoms with Gasteiger partial charge in [-0.25, -0.2) is 0 Å². The monoisotopic (exact) mass is 381 g/mol. The van der Waals surface area contributed by atoms with Crippen LogP contribution in [0.3, 0.4) is 0 Å². The summed E-state index contributed by atoms with van der Waals surface area (Å²) in [5.74, 6) is 1.47. The summed E-state index contributed by atoms with van der Waals surface area (Å²) in [7, 11) is 1.49. The molecule has 6 nitrogen and oxygen atoms in total. The van der Waals surface area contributed by atoms with Crippen LogP contribution in [-0.2, 0) is 0 Å². The lowest BCUT2D eigenvalue weighted by Gasteiger charge is -2.11. The van der Waals surface area contributed by atoms with Crippen molar-refractivity contribution in [3.05, 3.63) is 52.7 Å². The molecule has 1 saturated heterocycles. The van der Waals surface area contributed by atoms with Crippen molar-refractivity contribution in [3.8, 4) is 28.6 Å². The number of fused-ring (bicyclic) bond motifs is 1. The largest absolute Gasteiger partial charge is 0.507 e. The molecule has 0 saturated carbocycles. The van der Waals surface area contributed by atoms with Crippen molar-refractivity contribution < 1.29 is 19.0 Å². The molecule has 1 unspecified atom stereocenters. The highest BCUT2D eigenvalue weighted by Crippen LogP contribution is 2.31. The van der Waals surface area contributed by atoms with E-state index in [1.165, 1.54) is 32.1 Å². The topological polar surface area (TPSA) is 80.9 Å². The van der Waals surface area contributed by atoms with E-state index in [0.29, 0.717) is 24.2 Å². The second-order valence-electron chi connectivity index (χ2n) is 6.95. The van der Waals surface area contributed by atoms with Crippen molar-refractivity contribution in [2.45, 2.75) is 25.3 Å². The number of hydrogen-bond donors (Lipinski definition) is 2. The van der Waals surface area contributed by atoms with E-state index in [1.807, 2.05) is 24.3 Å². The highest BCUT2D eigenvalue weighted by atomic mass is 16.5. The maximum absolute atomic E-state index is 12.4. The molecule has 2 aromatic carbocycles. The average Bonchev–Trinajstić information content (AvgIpc) is 3.21. The van der Waals surface area contributed by atoms with E-state index in [9.17, 15) is 9.90 Å². The predicted molar refractivity (Wildman–Crippen MR) is 107 cm³/mol. The SMILES string of the molecule is COc1cc(O)c2c(=O)cc(-c3ccc(OCCC4CCCN4)cc3)oc2c1. The zero-order valence-corrected chi connectivity index (χ0v) is 15.7. The molecule has 2 heterocycles. The van der Waals surface area contributed by atoms with Gasteiger partial charge in [0.2, 0.25) is 0 Å². The van der Waals surface area contributed by atoms with Crippen molar-refractivity contribution in [3.63, 3.8) is 0 Å². The summed E-state index contributed by atoms with van der Waals surface area (Å²) in [4.78, 5) is 12.4. The van der Waals surface area contributed by atoms with Gasteiger partial charge in [-0.1, -0.05) is 0 Å². The molecule has 3 aromatic rings. The van der Waals surface area contributed by atoms with Gasteiger partial charge in [0.05, 0.1) is 13.7 Å². The van der Waals surface area contributed by atoms with Gasteiger partial charge in [-0.15, -0.1) is 0 Å². The molecule has 0 aliphatic carbocycles. The van der Waals surface area contributed by atoms with Crippen LogP contribution < -0.4 is 20.2 Å². The fourth-order valence-electron chi connectivity index (χ4n) is 3.54. The zero-order chi connectivity index (χ0) is 19.5. The van der Waals surface area contributed by atoms with Gasteiger partial charge in [0, 0.05) is 29.8 Å². The van der Waals surface area contributed by atoms with Crippen LogP contribution in [0, 0.1) is 0 Å². The Labute approximate surface area is 162 Å². The van der Waals surface area contributed by atoms with E-state index < -0.39 is 0 Å². The van der Waals surface area contributed by atoms with Gasteiger partial charge in [0.15, 0.2) is 5.43 Å². The summed E-state index contributed by atoms with van der Waals surface area (Å²) in [6.45, 7) is 1.76. The third-order valence-corrected chi connectivity index (χ3v) is 5.06. The molecule has 0 radical (unpaired) electrons. The Bertz CT molecular complexity index is 1020. The maximum atomic E-state index is 12.4. The number of ether oxygens (including phenoxy) is 2. The maximum Gasteiger partial charge on any atom is 0.197 e. The van der Waals surface area contributed by atoms with Crippen molar-refractivity contribution in [2.24, 2.45) is 0 Å². The lowest BCUT2D eigenvalue weighted by molar-refractivity contribution is 0.292. The normalized spacial score (nSPS) is 16.4. The first-order valence-electron chi connectivity index (χ1n) is 9.45. The van der Waals surface area contributed by atoms with E-state index in [-0.39, 0.29) is 22.1 Å². The fraction of sp³-hybridized carbons (Fsp3) is 0.318. The first-order chi connectivity index (χ1) is 13.6. The summed E-state index contributed by atoms with van der Waals surface area (Å²) in [5, 5.41) is 13.7. The standard InChI is InChI=1S/C22H23NO5/c1-26-17-11-18(24)22-19(25)13-20(28-21(22)12-17)14-4-6-16(7-5-14)27-10-8-15-3-2-9-23-15/h4-7,11-13,15,23-24H,2-3,8-10H2,1H3. The van der Waals surface area contributed by atoms with E-state index >= 15 is 0 Å². The first-order valence-corrected chi connectivity index (χ1v) is 9.45. The van der Waals surface area contributed by atoms with Crippen LogP contribution in [0.2, 0.25) is 0 Å². The second-order valence-corrected chi connectivity index (χ2v) is 6.95. The Morgan fingerprint density at radius 2 is 2.00 bits per heavy atom. The highest BCUT2D eigenvalue weighted by molar-refractivity contribution is 5.86. The van der Waals surface area contributed by atoms with Gasteiger partial charge < -0.3 is 24.3 Å². The summed E-state index contributed by atoms with van der Waals surface area (Å²) in [6.07, 6.45) is 3.44. The molecule has 0 bridgehead atoms. The number of methoxy groups -OCH3 is 1. The fourth-order valence-corrected chi connectivity index (χ4v) is 3.54. The van der Waals surface area contributed by atoms with Gasteiger partial charge in [0.25, 0.3) is 0 Å². The molecular formula is C22H23NO5. The minimum absolute atomic E-state index is 0.144. The van der Waals surface area contributed by atoms with Crippen LogP contribution in [0.1, 0.15) is 19.3 Å². The van der Waals surface area contributed by atoms with Gasteiger partial charge in [-0.3, -0.25) is 4.79 Å². The van der Waals surface area contributed by atoms with Gasteiger partial charge >= 0.3 is 0 Å². The predicted octanol–water partition coefficient (Wildman–Crippen LogP) is 3.70. The number of hydrogen-bond acceptors (Lipinski definition) is 6. The van der Waals surface area contributed by atoms with Crippen molar-refractivity contribution >= 4 is 11.0 Å². The van der Waals surface area contributed by atoms with Crippen LogP contribution in [0.15, 0.2) is 51.7 Å². The van der Waals surface area contributed by atoms with Crippen LogP contribution in [0.25, 0.3) is 22.3 Å². The van der Waals surface area contributed by atoms with Crippen LogP contribution in [0.4, 0.5) is 0 Å². The van der Waals surface area contributed by atoms with E-state index in [4.69, 9.17) is 13.9 Å². The molecule has 1 aliphatic heterocycles. The number of phenols is 1. The Morgan fingerprint density at radius 3 is 2.71 bits per heavy atom. The number of aromatic hydroxyl groups is 1. The molecular weight excluding hydrogens is 358 g/mol. The highest BCUT2D eigenvalue weighted by Gasteiger charge is 2.14. The Kier molecular flexibility index (Phi) is 5.21. The molecule has 1 aliphatic rings. The lowest BCUT2D eigenvalue weighted by Crippen LogP contribution is -2.23. The first kappa shape index (κ1) is 18.4. The molecule has 4 rings (SSSR count). The van der Waals surface area contributed by atoms with Crippen molar-refractivity contribution in [2.75, 3.05) is 20.3 Å². The van der Waals surface area contributed by atoms with Gasteiger partial charge in [-0.2, -0.15) is 0 Å². The summed E-state index contributed by atoms with van der Waals surface area (Å²) in [5.41, 5.74) is 0.732. The van der Waals surface area contributed by atoms with Crippen LogP contribution in [-0.4, -0.2) is 31.4 Å². The van der Waals surface area contributed by atoms with Crippen LogP contribution in [0.5, 0.6) is 17.2 Å². The van der Waals surface area contributed by atoms with Gasteiger partial charge in [0.1, 0.15) is 34.0 Å². The van der Waals surface area contributed by atoms with Crippen LogP contribution >= 0.6 is 0 Å². The Balaban J connectivity index is 1.53. The molecule has 0 amide bonds. The third-order valence-electron chi connectivity index (χ3n) is 5.06. The van der Waals surface area contributed by atoms with Crippen molar-refractivity contribution in [1.82, 2.24) is 5.32 Å². The summed E-state index contributed by atoms with van der Waals surface area (Å²) >= 11 is 0. The number of nitrogens with one attached hydrogen (secondary N) is 1. The van der Waals surface area contributed by atoms with Crippen molar-refractivity contribution in [1.29, 1.82) is 0 Å². The second kappa shape index (κ2) is 7.94. The number of rotatable bonds is 6. The molecule has 1 fully saturated rings. The average molecular weight is 381 g/mol. The van der Waals surface area contributed by atoms with Gasteiger partial charge in [-0.05, 0) is 50.1 Å². The minimum Gasteiger partial charge on any atom is -0.507 e. The molecule has 1 atom stereocenters. The lowest BCUT2D eigenvalue weighted by atomic mass is 10.1. The van der Waals surface area contributed by atoms with E-state index in [1.54, 1.807) is 6.07 Å². The Morgan fingerprint density at radius 1 is 1.18 bits per heavy atom. The summed E-state index contributed by atoms with van der Waals surface area (Å²) in [6, 6.07) is 12.4. The molecule has 28 heavy (non-hydrogen) atoms. The zero-order valence-electron chi connectivity index (χ0n) is 15.7. The number of benzene rings is 2. The Hall–Kier alpha value is -2.99. The molecule has 146 valence electrons. The van der Waals surface area contributed by atoms with E-state index in [2.05, 4.69) is 5.32 Å². The molecule has 6 heteroatoms. The molecule has 0 spiro atoms. The molecule has 1 aromatic heterocycles. The smallest absolute Gasteiger partial charge is 0.197 e. The third kappa shape index (κ3) is 3.82. The van der Waals surface area contributed by atoms with E-state index in [0.717, 1.165) is 24.3 Å². The minimum atomic E-state index is -0.305. The summed E-state index contributed by atoms with van der Waals surface area (Å²) < 4.78 is 16.8.